The second-order valence-corrected chi connectivity index (χ2v) is 7.71. The molecule has 0 spiro atoms. The van der Waals surface area contributed by atoms with E-state index in [1.54, 1.807) is 12.1 Å². The summed E-state index contributed by atoms with van der Waals surface area (Å²) in [6, 6.07) is 23.3. The van der Waals surface area contributed by atoms with Crippen LogP contribution in [0.15, 0.2) is 72.8 Å². The van der Waals surface area contributed by atoms with Gasteiger partial charge in [-0.05, 0) is 48.5 Å². The Labute approximate surface area is 181 Å². The maximum Gasteiger partial charge on any atom is 0.256 e. The molecule has 1 heterocycles. The topological polar surface area (TPSA) is 60.6 Å². The molecule has 1 aliphatic heterocycles. The number of hydrogen-bond donors (Lipinski definition) is 2. The van der Waals surface area contributed by atoms with Crippen molar-refractivity contribution < 1.29 is 14.1 Å². The number of para-hydroxylation sites is 1. The van der Waals surface area contributed by atoms with E-state index in [9.17, 15) is 9.18 Å². The number of carbonyl (C=O) groups excluding carboxylic acids is 1. The van der Waals surface area contributed by atoms with Gasteiger partial charge in [0.15, 0.2) is 0 Å². The van der Waals surface area contributed by atoms with E-state index in [2.05, 4.69) is 11.4 Å². The van der Waals surface area contributed by atoms with Crippen molar-refractivity contribution in [1.82, 2.24) is 4.90 Å². The summed E-state index contributed by atoms with van der Waals surface area (Å²) in [7, 11) is 0. The molecular formula is C25H24FN4O+. The van der Waals surface area contributed by atoms with Gasteiger partial charge in [-0.1, -0.05) is 24.3 Å². The molecule has 1 amide bonds. The van der Waals surface area contributed by atoms with Gasteiger partial charge in [-0.15, -0.1) is 0 Å². The fraction of sp³-hybridized carbons (Fsp3) is 0.200. The molecule has 3 aromatic rings. The standard InChI is InChI=1S/C25H23FN4O/c26-21-9-11-22(12-10-21)28-24-4-2-1-3-23(24)25(31)30-15-13-29(14-16-30)18-20-7-5-19(17-27)6-8-20/h1-12,28H,13-16,18H2/p+1. The minimum Gasteiger partial charge on any atom is -0.355 e. The number of nitrogens with one attached hydrogen (secondary N) is 2. The quantitative estimate of drug-likeness (QED) is 0.674. The second kappa shape index (κ2) is 9.41. The maximum absolute atomic E-state index is 13.2. The summed E-state index contributed by atoms with van der Waals surface area (Å²) in [6.45, 7) is 4.01. The average Bonchev–Trinajstić information content (AvgIpc) is 2.81. The van der Waals surface area contributed by atoms with E-state index in [1.165, 1.54) is 22.6 Å². The molecule has 0 atom stereocenters. The molecule has 5 nitrogen and oxygen atoms in total. The third kappa shape index (κ3) is 5.08. The van der Waals surface area contributed by atoms with Gasteiger partial charge in [0.05, 0.1) is 49.1 Å². The van der Waals surface area contributed by atoms with Crippen LogP contribution in [0.25, 0.3) is 0 Å². The van der Waals surface area contributed by atoms with Crippen LogP contribution in [0.5, 0.6) is 0 Å². The molecule has 1 fully saturated rings. The van der Waals surface area contributed by atoms with Gasteiger partial charge in [-0.3, -0.25) is 4.79 Å². The number of nitrogens with zero attached hydrogens (tertiary/aromatic N) is 2. The fourth-order valence-electron chi connectivity index (χ4n) is 3.83. The normalized spacial score (nSPS) is 14.1. The molecule has 3 aromatic carbocycles. The highest BCUT2D eigenvalue weighted by Gasteiger charge is 2.26. The summed E-state index contributed by atoms with van der Waals surface area (Å²) in [5.41, 5.74) is 3.93. The number of carbonyl (C=O) groups is 1. The first-order valence-corrected chi connectivity index (χ1v) is 10.4. The Morgan fingerprint density at radius 3 is 2.35 bits per heavy atom. The molecule has 2 N–H and O–H groups in total. The van der Waals surface area contributed by atoms with Crippen molar-refractivity contribution in [1.29, 1.82) is 5.26 Å². The third-order valence-electron chi connectivity index (χ3n) is 5.58. The number of halogens is 1. The Bertz CT molecular complexity index is 1080. The van der Waals surface area contributed by atoms with E-state index in [0.717, 1.165) is 25.3 Å². The predicted octanol–water partition coefficient (Wildman–Crippen LogP) is 2.98. The van der Waals surface area contributed by atoms with E-state index in [4.69, 9.17) is 5.26 Å². The number of benzene rings is 3. The summed E-state index contributed by atoms with van der Waals surface area (Å²) in [5.74, 6) is -0.293. The lowest BCUT2D eigenvalue weighted by molar-refractivity contribution is -0.917. The van der Waals surface area contributed by atoms with Crippen LogP contribution in [0, 0.1) is 17.1 Å². The molecule has 4 rings (SSSR count). The number of quaternary nitrogens is 1. The Balaban J connectivity index is 1.38. The molecule has 0 aromatic heterocycles. The van der Waals surface area contributed by atoms with Crippen LogP contribution in [-0.2, 0) is 6.54 Å². The largest absolute Gasteiger partial charge is 0.355 e. The zero-order chi connectivity index (χ0) is 21.6. The Hall–Kier alpha value is -3.69. The van der Waals surface area contributed by atoms with Crippen LogP contribution in [0.3, 0.4) is 0 Å². The number of hydrogen-bond acceptors (Lipinski definition) is 3. The number of amides is 1. The number of nitriles is 1. The molecular weight excluding hydrogens is 391 g/mol. The Morgan fingerprint density at radius 2 is 1.68 bits per heavy atom. The number of piperazine rings is 1. The van der Waals surface area contributed by atoms with Crippen LogP contribution in [0.1, 0.15) is 21.5 Å². The van der Waals surface area contributed by atoms with Crippen LogP contribution in [0.4, 0.5) is 15.8 Å². The molecule has 1 saturated heterocycles. The van der Waals surface area contributed by atoms with Gasteiger partial charge < -0.3 is 15.1 Å². The predicted molar refractivity (Wildman–Crippen MR) is 118 cm³/mol. The van der Waals surface area contributed by atoms with Crippen molar-refractivity contribution in [3.05, 3.63) is 95.3 Å². The highest BCUT2D eigenvalue weighted by molar-refractivity contribution is 6.00. The van der Waals surface area contributed by atoms with Crippen LogP contribution < -0.4 is 10.2 Å². The summed E-state index contributed by atoms with van der Waals surface area (Å²) in [6.07, 6.45) is 0. The van der Waals surface area contributed by atoms with Crippen molar-refractivity contribution in [3.8, 4) is 6.07 Å². The Morgan fingerprint density at radius 1 is 1.00 bits per heavy atom. The lowest BCUT2D eigenvalue weighted by atomic mass is 10.1. The maximum atomic E-state index is 13.2. The molecule has 156 valence electrons. The minimum absolute atomic E-state index is 0.00244. The van der Waals surface area contributed by atoms with E-state index in [0.29, 0.717) is 29.9 Å². The lowest BCUT2D eigenvalue weighted by Crippen LogP contribution is -3.13. The first-order chi connectivity index (χ1) is 15.1. The molecule has 0 bridgehead atoms. The van der Waals surface area contributed by atoms with Gasteiger partial charge in [0.1, 0.15) is 12.4 Å². The first kappa shape index (κ1) is 20.6. The fourth-order valence-corrected chi connectivity index (χ4v) is 3.83. The molecule has 31 heavy (non-hydrogen) atoms. The van der Waals surface area contributed by atoms with E-state index >= 15 is 0 Å². The van der Waals surface area contributed by atoms with Crippen LogP contribution in [-0.4, -0.2) is 37.0 Å². The van der Waals surface area contributed by atoms with Crippen molar-refractivity contribution in [2.24, 2.45) is 0 Å². The van der Waals surface area contributed by atoms with Gasteiger partial charge in [-0.25, -0.2) is 4.39 Å². The molecule has 1 aliphatic rings. The molecule has 0 saturated carbocycles. The highest BCUT2D eigenvalue weighted by Crippen LogP contribution is 2.22. The summed E-state index contributed by atoms with van der Waals surface area (Å²) in [4.78, 5) is 16.5. The average molecular weight is 415 g/mol. The summed E-state index contributed by atoms with van der Waals surface area (Å²) >= 11 is 0. The number of rotatable bonds is 5. The van der Waals surface area contributed by atoms with Gasteiger partial charge in [-0.2, -0.15) is 5.26 Å². The van der Waals surface area contributed by atoms with Crippen molar-refractivity contribution >= 4 is 17.3 Å². The van der Waals surface area contributed by atoms with E-state index in [-0.39, 0.29) is 11.7 Å². The van der Waals surface area contributed by atoms with Gasteiger partial charge in [0.25, 0.3) is 5.91 Å². The van der Waals surface area contributed by atoms with Crippen molar-refractivity contribution in [3.63, 3.8) is 0 Å². The molecule has 6 heteroatoms. The monoisotopic (exact) mass is 415 g/mol. The zero-order valence-electron chi connectivity index (χ0n) is 17.1. The lowest BCUT2D eigenvalue weighted by Gasteiger charge is -2.32. The van der Waals surface area contributed by atoms with Gasteiger partial charge >= 0.3 is 0 Å². The van der Waals surface area contributed by atoms with Crippen LogP contribution in [0.2, 0.25) is 0 Å². The van der Waals surface area contributed by atoms with Crippen molar-refractivity contribution in [2.45, 2.75) is 6.54 Å². The van der Waals surface area contributed by atoms with Gasteiger partial charge in [0, 0.05) is 11.3 Å². The van der Waals surface area contributed by atoms with E-state index in [1.807, 2.05) is 53.4 Å². The van der Waals surface area contributed by atoms with Crippen LogP contribution >= 0.6 is 0 Å². The van der Waals surface area contributed by atoms with Gasteiger partial charge in [0.2, 0.25) is 0 Å². The summed E-state index contributed by atoms with van der Waals surface area (Å²) in [5, 5.41) is 12.2. The second-order valence-electron chi connectivity index (χ2n) is 7.71. The smallest absolute Gasteiger partial charge is 0.256 e. The van der Waals surface area contributed by atoms with E-state index < -0.39 is 0 Å². The molecule has 0 aliphatic carbocycles. The molecule has 0 unspecified atom stereocenters. The highest BCUT2D eigenvalue weighted by atomic mass is 19.1. The summed E-state index contributed by atoms with van der Waals surface area (Å²) < 4.78 is 13.2. The Kier molecular flexibility index (Phi) is 6.25. The van der Waals surface area contributed by atoms with Crippen molar-refractivity contribution in [2.75, 3.05) is 31.5 Å². The first-order valence-electron chi connectivity index (χ1n) is 10.4. The number of anilines is 2. The third-order valence-corrected chi connectivity index (χ3v) is 5.58. The molecule has 0 radical (unpaired) electrons. The minimum atomic E-state index is -0.295. The zero-order valence-corrected chi connectivity index (χ0v) is 17.1. The SMILES string of the molecule is N#Cc1ccc(C[NH+]2CCN(C(=O)c3ccccc3Nc3ccc(F)cc3)CC2)cc1.